The van der Waals surface area contributed by atoms with Gasteiger partial charge in [-0.05, 0) is 103 Å². The highest BCUT2D eigenvalue weighted by atomic mass is 16.6. The molecule has 0 spiro atoms. The van der Waals surface area contributed by atoms with E-state index in [0.29, 0.717) is 19.3 Å². The van der Waals surface area contributed by atoms with Gasteiger partial charge in [-0.25, -0.2) is 0 Å². The third-order valence-electron chi connectivity index (χ3n) is 9.56. The number of esters is 3. The molecule has 0 rings (SSSR count). The quantitative estimate of drug-likeness (QED) is 0.0265. The van der Waals surface area contributed by atoms with Crippen LogP contribution in [0.4, 0.5) is 0 Å². The van der Waals surface area contributed by atoms with Crippen LogP contribution in [-0.2, 0) is 28.6 Å². The van der Waals surface area contributed by atoms with Crippen LogP contribution in [-0.4, -0.2) is 37.2 Å². The fraction of sp³-hybridized carbons (Fsp3) is 0.642. The minimum Gasteiger partial charge on any atom is -0.462 e. The Morgan fingerprint density at radius 2 is 0.627 bits per heavy atom. The third kappa shape index (κ3) is 45.3. The number of rotatable bonds is 41. The Hall–Kier alpha value is -3.67. The van der Waals surface area contributed by atoms with Crippen molar-refractivity contribution in [1.82, 2.24) is 0 Å². The molecule has 0 aromatic heterocycles. The number of carbonyl (C=O) groups is 3. The van der Waals surface area contributed by atoms with E-state index in [4.69, 9.17) is 14.2 Å². The third-order valence-corrected chi connectivity index (χ3v) is 9.56. The van der Waals surface area contributed by atoms with Gasteiger partial charge in [-0.1, -0.05) is 176 Å². The standard InChI is InChI=1S/C53H86O6/c1-4-7-10-13-16-19-22-24-26-27-29-31-34-37-40-43-46-52(55)58-49-50(48-57-51(54)45-42-39-36-33-30-21-18-15-12-9-6-3)59-53(56)47-44-41-38-35-32-28-25-23-20-17-14-11-8-5-2/h7-12,16-21,24,26,33,36,50H,4-6,13-15,22-23,25,27-32,34-35,37-49H2,1-3H3/b10-7-,11-8-,12-9-,19-16-,20-17-,21-18-,26-24-,36-33-. The summed E-state index contributed by atoms with van der Waals surface area (Å²) in [5.74, 6) is -0.990. The minimum absolute atomic E-state index is 0.105. The van der Waals surface area contributed by atoms with Gasteiger partial charge in [-0.15, -0.1) is 0 Å². The van der Waals surface area contributed by atoms with E-state index in [1.807, 2.05) is 0 Å². The van der Waals surface area contributed by atoms with Crippen LogP contribution in [0.2, 0.25) is 0 Å². The summed E-state index contributed by atoms with van der Waals surface area (Å²) in [5.41, 5.74) is 0. The second kappa shape index (κ2) is 47.0. The predicted molar refractivity (Wildman–Crippen MR) is 251 cm³/mol. The highest BCUT2D eigenvalue weighted by Gasteiger charge is 2.19. The van der Waals surface area contributed by atoms with Crippen LogP contribution in [0.5, 0.6) is 0 Å². The topological polar surface area (TPSA) is 78.9 Å². The fourth-order valence-corrected chi connectivity index (χ4v) is 6.10. The molecule has 0 N–H and O–H groups in total. The van der Waals surface area contributed by atoms with E-state index in [1.54, 1.807) is 0 Å². The predicted octanol–water partition coefficient (Wildman–Crippen LogP) is 15.4. The molecule has 0 bridgehead atoms. The van der Waals surface area contributed by atoms with Crippen LogP contribution < -0.4 is 0 Å². The number of hydrogen-bond donors (Lipinski definition) is 0. The van der Waals surface area contributed by atoms with Crippen molar-refractivity contribution < 1.29 is 28.6 Å². The maximum Gasteiger partial charge on any atom is 0.306 e. The molecule has 0 heterocycles. The zero-order valence-corrected chi connectivity index (χ0v) is 38.0. The summed E-state index contributed by atoms with van der Waals surface area (Å²) in [4.78, 5) is 37.8. The zero-order chi connectivity index (χ0) is 43.0. The van der Waals surface area contributed by atoms with Gasteiger partial charge in [-0.3, -0.25) is 14.4 Å². The van der Waals surface area contributed by atoms with Gasteiger partial charge >= 0.3 is 17.9 Å². The van der Waals surface area contributed by atoms with Crippen LogP contribution >= 0.6 is 0 Å². The summed E-state index contributed by atoms with van der Waals surface area (Å²) in [7, 11) is 0. The molecule has 0 radical (unpaired) electrons. The Morgan fingerprint density at radius 3 is 1.02 bits per heavy atom. The molecule has 0 fully saturated rings. The van der Waals surface area contributed by atoms with Crippen LogP contribution in [0.1, 0.15) is 201 Å². The van der Waals surface area contributed by atoms with E-state index < -0.39 is 6.10 Å². The minimum atomic E-state index is -0.806. The summed E-state index contributed by atoms with van der Waals surface area (Å²) in [6.07, 6.45) is 61.1. The van der Waals surface area contributed by atoms with Crippen molar-refractivity contribution in [2.75, 3.05) is 13.2 Å². The summed E-state index contributed by atoms with van der Waals surface area (Å²) in [6.45, 7) is 6.22. The Balaban J connectivity index is 4.46. The lowest BCUT2D eigenvalue weighted by molar-refractivity contribution is -0.167. The van der Waals surface area contributed by atoms with Gasteiger partial charge in [0.2, 0.25) is 0 Å². The van der Waals surface area contributed by atoms with E-state index in [2.05, 4.69) is 118 Å². The molecule has 6 nitrogen and oxygen atoms in total. The van der Waals surface area contributed by atoms with Gasteiger partial charge in [0.15, 0.2) is 6.10 Å². The zero-order valence-electron chi connectivity index (χ0n) is 38.0. The van der Waals surface area contributed by atoms with E-state index in [0.717, 1.165) is 116 Å². The van der Waals surface area contributed by atoms with E-state index >= 15 is 0 Å². The lowest BCUT2D eigenvalue weighted by atomic mass is 10.1. The molecule has 0 aliphatic rings. The van der Waals surface area contributed by atoms with Gasteiger partial charge in [0.05, 0.1) is 0 Å². The van der Waals surface area contributed by atoms with Gasteiger partial charge < -0.3 is 14.2 Å². The Labute approximate surface area is 362 Å². The normalized spacial score (nSPS) is 12.9. The van der Waals surface area contributed by atoms with E-state index in [-0.39, 0.29) is 37.5 Å². The lowest BCUT2D eigenvalue weighted by Crippen LogP contribution is -2.30. The fourth-order valence-electron chi connectivity index (χ4n) is 6.10. The molecular formula is C53H86O6. The van der Waals surface area contributed by atoms with Crippen molar-refractivity contribution in [2.45, 2.75) is 207 Å². The van der Waals surface area contributed by atoms with Gasteiger partial charge in [0, 0.05) is 19.3 Å². The number of ether oxygens (including phenoxy) is 3. The van der Waals surface area contributed by atoms with E-state index in [9.17, 15) is 14.4 Å². The second-order valence-corrected chi connectivity index (χ2v) is 15.2. The summed E-state index contributed by atoms with van der Waals surface area (Å²) in [5, 5.41) is 0. The molecule has 334 valence electrons. The first-order valence-electron chi connectivity index (χ1n) is 23.7. The van der Waals surface area contributed by atoms with Crippen LogP contribution in [0, 0.1) is 0 Å². The Bertz CT molecular complexity index is 1220. The maximum atomic E-state index is 12.7. The van der Waals surface area contributed by atoms with Gasteiger partial charge in [0.1, 0.15) is 13.2 Å². The monoisotopic (exact) mass is 819 g/mol. The number of allylic oxidation sites excluding steroid dienone is 16. The number of hydrogen-bond acceptors (Lipinski definition) is 6. The molecule has 1 unspecified atom stereocenters. The summed E-state index contributed by atoms with van der Waals surface area (Å²) in [6, 6.07) is 0. The number of unbranched alkanes of at least 4 members (excludes halogenated alkanes) is 14. The van der Waals surface area contributed by atoms with Gasteiger partial charge in [-0.2, -0.15) is 0 Å². The first kappa shape index (κ1) is 55.3. The average molecular weight is 819 g/mol. The largest absolute Gasteiger partial charge is 0.462 e. The van der Waals surface area contributed by atoms with Crippen molar-refractivity contribution >= 4 is 17.9 Å². The lowest BCUT2D eigenvalue weighted by Gasteiger charge is -2.18. The molecule has 6 heteroatoms. The number of carbonyl (C=O) groups excluding carboxylic acids is 3. The molecule has 0 aromatic carbocycles. The van der Waals surface area contributed by atoms with Crippen molar-refractivity contribution in [3.63, 3.8) is 0 Å². The molecule has 0 saturated carbocycles. The molecule has 0 aliphatic heterocycles. The highest BCUT2D eigenvalue weighted by Crippen LogP contribution is 2.13. The second-order valence-electron chi connectivity index (χ2n) is 15.2. The van der Waals surface area contributed by atoms with Crippen molar-refractivity contribution in [3.05, 3.63) is 97.2 Å². The Kier molecular flexibility index (Phi) is 44.1. The van der Waals surface area contributed by atoms with Crippen LogP contribution in [0.25, 0.3) is 0 Å². The molecule has 1 atom stereocenters. The maximum absolute atomic E-state index is 12.7. The molecule has 0 amide bonds. The van der Waals surface area contributed by atoms with Crippen LogP contribution in [0.15, 0.2) is 97.2 Å². The molecule has 0 saturated heterocycles. The van der Waals surface area contributed by atoms with Crippen molar-refractivity contribution in [3.8, 4) is 0 Å². The highest BCUT2D eigenvalue weighted by molar-refractivity contribution is 5.71. The van der Waals surface area contributed by atoms with Gasteiger partial charge in [0.25, 0.3) is 0 Å². The van der Waals surface area contributed by atoms with Crippen LogP contribution in [0.3, 0.4) is 0 Å². The smallest absolute Gasteiger partial charge is 0.306 e. The molecule has 0 aromatic rings. The first-order valence-corrected chi connectivity index (χ1v) is 23.7. The molecular weight excluding hydrogens is 733 g/mol. The molecule has 59 heavy (non-hydrogen) atoms. The van der Waals surface area contributed by atoms with E-state index in [1.165, 1.54) is 38.5 Å². The Morgan fingerprint density at radius 1 is 0.339 bits per heavy atom. The summed E-state index contributed by atoms with van der Waals surface area (Å²) >= 11 is 0. The van der Waals surface area contributed by atoms with Crippen molar-refractivity contribution in [2.24, 2.45) is 0 Å². The SMILES string of the molecule is CC/C=C\C/C=C\C/C=C\CCCCCCCCC(=O)OCC(COC(=O)CCC/C=C\C/C=C\C/C=C\CC)OC(=O)CCCCCCCCC/C=C\C/C=C\CC. The van der Waals surface area contributed by atoms with Crippen molar-refractivity contribution in [1.29, 1.82) is 0 Å². The molecule has 0 aliphatic carbocycles. The average Bonchev–Trinajstić information content (AvgIpc) is 3.23. The first-order chi connectivity index (χ1) is 29.0. The summed E-state index contributed by atoms with van der Waals surface area (Å²) < 4.78 is 16.7.